The number of rotatable bonds is 4. The SMILES string of the molecule is COc1ccc2c(c1)c(C(=O)NC1COc3c(cccc3OC)C1)c(C)n2C. The average molecular weight is 380 g/mol. The molecule has 4 rings (SSSR count). The average Bonchev–Trinajstić information content (AvgIpc) is 2.97. The lowest BCUT2D eigenvalue weighted by Crippen LogP contribution is -2.43. The Bertz CT molecular complexity index is 1050. The predicted molar refractivity (Wildman–Crippen MR) is 108 cm³/mol. The number of nitrogens with one attached hydrogen (secondary N) is 1. The fourth-order valence-electron chi connectivity index (χ4n) is 3.87. The Morgan fingerprint density at radius 3 is 2.79 bits per heavy atom. The molecule has 1 N–H and O–H groups in total. The standard InChI is InChI=1S/C22H24N2O4/c1-13-20(17-11-16(26-3)8-9-18(17)24(13)2)22(25)23-15-10-14-6-5-7-19(27-4)21(14)28-12-15/h5-9,11,15H,10,12H2,1-4H3,(H,23,25). The summed E-state index contributed by atoms with van der Waals surface area (Å²) in [7, 11) is 5.22. The molecule has 1 atom stereocenters. The second-order valence-electron chi connectivity index (χ2n) is 7.04. The van der Waals surface area contributed by atoms with Crippen LogP contribution in [0.15, 0.2) is 36.4 Å². The van der Waals surface area contributed by atoms with Gasteiger partial charge < -0.3 is 24.1 Å². The number of carbonyl (C=O) groups is 1. The van der Waals surface area contributed by atoms with E-state index in [2.05, 4.69) is 5.32 Å². The van der Waals surface area contributed by atoms with Gasteiger partial charge in [0.25, 0.3) is 5.91 Å². The largest absolute Gasteiger partial charge is 0.497 e. The number of carbonyl (C=O) groups excluding carboxylic acids is 1. The minimum Gasteiger partial charge on any atom is -0.497 e. The minimum atomic E-state index is -0.104. The van der Waals surface area contributed by atoms with Gasteiger partial charge in [-0.3, -0.25) is 4.79 Å². The first kappa shape index (κ1) is 18.2. The van der Waals surface area contributed by atoms with Crippen LogP contribution in [0.25, 0.3) is 10.9 Å². The topological polar surface area (TPSA) is 61.7 Å². The number of hydrogen-bond donors (Lipinski definition) is 1. The van der Waals surface area contributed by atoms with Crippen LogP contribution in [0.5, 0.6) is 17.2 Å². The summed E-state index contributed by atoms with van der Waals surface area (Å²) in [6, 6.07) is 11.5. The maximum absolute atomic E-state index is 13.2. The molecule has 3 aromatic rings. The third-order valence-corrected chi connectivity index (χ3v) is 5.44. The second-order valence-corrected chi connectivity index (χ2v) is 7.04. The molecule has 1 aromatic heterocycles. The van der Waals surface area contributed by atoms with Gasteiger partial charge in [0.2, 0.25) is 0 Å². The van der Waals surface area contributed by atoms with Crippen LogP contribution in [0.2, 0.25) is 0 Å². The van der Waals surface area contributed by atoms with Crippen molar-refractivity contribution in [2.45, 2.75) is 19.4 Å². The molecule has 0 aliphatic carbocycles. The van der Waals surface area contributed by atoms with Gasteiger partial charge in [-0.15, -0.1) is 0 Å². The van der Waals surface area contributed by atoms with Crippen LogP contribution in [0.4, 0.5) is 0 Å². The van der Waals surface area contributed by atoms with Crippen molar-refractivity contribution < 1.29 is 19.0 Å². The Kier molecular flexibility index (Phi) is 4.63. The summed E-state index contributed by atoms with van der Waals surface area (Å²) in [4.78, 5) is 13.2. The van der Waals surface area contributed by atoms with Crippen LogP contribution >= 0.6 is 0 Å². The summed E-state index contributed by atoms with van der Waals surface area (Å²) >= 11 is 0. The summed E-state index contributed by atoms with van der Waals surface area (Å²) < 4.78 is 18.6. The quantitative estimate of drug-likeness (QED) is 0.755. The fourth-order valence-corrected chi connectivity index (χ4v) is 3.87. The molecule has 0 saturated carbocycles. The maximum atomic E-state index is 13.2. The van der Waals surface area contributed by atoms with Gasteiger partial charge in [-0.25, -0.2) is 0 Å². The lowest BCUT2D eigenvalue weighted by atomic mass is 10.0. The normalized spacial score (nSPS) is 15.6. The van der Waals surface area contributed by atoms with Crippen LogP contribution in [0.3, 0.4) is 0 Å². The van der Waals surface area contributed by atoms with E-state index in [1.165, 1.54) is 0 Å². The summed E-state index contributed by atoms with van der Waals surface area (Å²) in [5.41, 5.74) is 3.62. The Hall–Kier alpha value is -3.15. The molecular weight excluding hydrogens is 356 g/mol. The van der Waals surface area contributed by atoms with E-state index in [4.69, 9.17) is 14.2 Å². The first-order valence-electron chi connectivity index (χ1n) is 9.26. The van der Waals surface area contributed by atoms with Crippen molar-refractivity contribution in [3.63, 3.8) is 0 Å². The van der Waals surface area contributed by atoms with Gasteiger partial charge in [0.15, 0.2) is 11.5 Å². The van der Waals surface area contributed by atoms with E-state index in [0.717, 1.165) is 39.4 Å². The van der Waals surface area contributed by atoms with E-state index >= 15 is 0 Å². The zero-order valence-electron chi connectivity index (χ0n) is 16.5. The molecule has 1 unspecified atom stereocenters. The molecule has 0 saturated heterocycles. The van der Waals surface area contributed by atoms with Crippen LogP contribution in [-0.4, -0.2) is 37.3 Å². The van der Waals surface area contributed by atoms with E-state index in [-0.39, 0.29) is 11.9 Å². The summed E-state index contributed by atoms with van der Waals surface area (Å²) in [5, 5.41) is 4.02. The number of methoxy groups -OCH3 is 2. The lowest BCUT2D eigenvalue weighted by Gasteiger charge is -2.27. The van der Waals surface area contributed by atoms with Crippen molar-refractivity contribution in [2.75, 3.05) is 20.8 Å². The Labute approximate surface area is 164 Å². The molecule has 28 heavy (non-hydrogen) atoms. The number of fused-ring (bicyclic) bond motifs is 2. The van der Waals surface area contributed by atoms with Crippen molar-refractivity contribution in [1.82, 2.24) is 9.88 Å². The van der Waals surface area contributed by atoms with Gasteiger partial charge in [-0.2, -0.15) is 0 Å². The molecule has 146 valence electrons. The Morgan fingerprint density at radius 1 is 1.21 bits per heavy atom. The number of para-hydroxylation sites is 1. The number of aromatic nitrogens is 1. The van der Waals surface area contributed by atoms with Crippen molar-refractivity contribution >= 4 is 16.8 Å². The minimum absolute atomic E-state index is 0.101. The second kappa shape index (κ2) is 7.11. The van der Waals surface area contributed by atoms with Gasteiger partial charge in [-0.05, 0) is 37.6 Å². The number of nitrogens with zero attached hydrogens (tertiary/aromatic N) is 1. The van der Waals surface area contributed by atoms with E-state index in [0.29, 0.717) is 18.6 Å². The molecule has 0 radical (unpaired) electrons. The van der Waals surface area contributed by atoms with Crippen LogP contribution in [0, 0.1) is 6.92 Å². The van der Waals surface area contributed by atoms with Crippen molar-refractivity contribution in [3.05, 3.63) is 53.2 Å². The van der Waals surface area contributed by atoms with Gasteiger partial charge in [0.05, 0.1) is 25.8 Å². The summed E-state index contributed by atoms with van der Waals surface area (Å²) in [5.74, 6) is 2.12. The third kappa shape index (κ3) is 2.95. The maximum Gasteiger partial charge on any atom is 0.254 e. The van der Waals surface area contributed by atoms with E-state index < -0.39 is 0 Å². The fraction of sp³-hybridized carbons (Fsp3) is 0.318. The third-order valence-electron chi connectivity index (χ3n) is 5.44. The van der Waals surface area contributed by atoms with Crippen molar-refractivity contribution in [2.24, 2.45) is 7.05 Å². The molecule has 0 spiro atoms. The highest BCUT2D eigenvalue weighted by atomic mass is 16.5. The Morgan fingerprint density at radius 2 is 2.04 bits per heavy atom. The van der Waals surface area contributed by atoms with Crippen LogP contribution in [-0.2, 0) is 13.5 Å². The van der Waals surface area contributed by atoms with Gasteiger partial charge in [0.1, 0.15) is 12.4 Å². The molecule has 1 aliphatic heterocycles. The molecule has 6 nitrogen and oxygen atoms in total. The van der Waals surface area contributed by atoms with E-state index in [1.54, 1.807) is 14.2 Å². The highest BCUT2D eigenvalue weighted by Gasteiger charge is 2.26. The first-order chi connectivity index (χ1) is 13.5. The molecule has 0 bridgehead atoms. The number of hydrogen-bond acceptors (Lipinski definition) is 4. The summed E-state index contributed by atoms with van der Waals surface area (Å²) in [6.07, 6.45) is 0.700. The number of amides is 1. The van der Waals surface area contributed by atoms with E-state index in [9.17, 15) is 4.79 Å². The van der Waals surface area contributed by atoms with Crippen LogP contribution < -0.4 is 19.5 Å². The summed E-state index contributed by atoms with van der Waals surface area (Å²) in [6.45, 7) is 2.37. The first-order valence-corrected chi connectivity index (χ1v) is 9.26. The number of ether oxygens (including phenoxy) is 3. The zero-order valence-corrected chi connectivity index (χ0v) is 16.5. The molecule has 1 amide bonds. The van der Waals surface area contributed by atoms with E-state index in [1.807, 2.05) is 54.9 Å². The smallest absolute Gasteiger partial charge is 0.254 e. The molecule has 2 aromatic carbocycles. The van der Waals surface area contributed by atoms with Gasteiger partial charge in [-0.1, -0.05) is 12.1 Å². The lowest BCUT2D eigenvalue weighted by molar-refractivity contribution is 0.0915. The molecule has 1 aliphatic rings. The number of aryl methyl sites for hydroxylation is 1. The Balaban J connectivity index is 1.62. The predicted octanol–water partition coefficient (Wildman–Crippen LogP) is 3.24. The zero-order chi connectivity index (χ0) is 19.8. The van der Waals surface area contributed by atoms with Gasteiger partial charge in [0, 0.05) is 29.2 Å². The number of benzene rings is 2. The van der Waals surface area contributed by atoms with Crippen molar-refractivity contribution in [1.29, 1.82) is 0 Å². The highest BCUT2D eigenvalue weighted by molar-refractivity contribution is 6.08. The molecule has 2 heterocycles. The van der Waals surface area contributed by atoms with Crippen molar-refractivity contribution in [3.8, 4) is 17.2 Å². The van der Waals surface area contributed by atoms with Gasteiger partial charge >= 0.3 is 0 Å². The monoisotopic (exact) mass is 380 g/mol. The molecule has 0 fully saturated rings. The van der Waals surface area contributed by atoms with Crippen LogP contribution in [0.1, 0.15) is 21.6 Å². The molecule has 6 heteroatoms. The highest BCUT2D eigenvalue weighted by Crippen LogP contribution is 2.35. The molecular formula is C22H24N2O4.